The SMILES string of the molecule is CC[C@H]1[C@H](C2Cc3c(Nc4ccc5scnc5c4)ccnc3S2)CCCN1CC. The third kappa shape index (κ3) is 3.66. The number of nitrogens with one attached hydrogen (secondary N) is 1. The minimum Gasteiger partial charge on any atom is -0.355 e. The van der Waals surface area contributed by atoms with E-state index in [4.69, 9.17) is 4.98 Å². The number of thioether (sulfide) groups is 1. The molecule has 0 amide bonds. The van der Waals surface area contributed by atoms with E-state index in [1.807, 2.05) is 23.5 Å². The minimum absolute atomic E-state index is 0.640. The van der Waals surface area contributed by atoms with Crippen molar-refractivity contribution < 1.29 is 0 Å². The Kier molecular flexibility index (Phi) is 5.50. The van der Waals surface area contributed by atoms with Crippen molar-refractivity contribution >= 4 is 44.7 Å². The molecule has 4 nitrogen and oxygen atoms in total. The Hall–Kier alpha value is -1.63. The minimum atomic E-state index is 0.640. The van der Waals surface area contributed by atoms with Crippen LogP contribution in [0.2, 0.25) is 0 Å². The summed E-state index contributed by atoms with van der Waals surface area (Å²) in [6.07, 6.45) is 7.00. The Labute approximate surface area is 181 Å². The van der Waals surface area contributed by atoms with Gasteiger partial charge in [0.1, 0.15) is 5.03 Å². The number of pyridine rings is 1. The fourth-order valence-corrected chi connectivity index (χ4v) is 7.30. The molecule has 1 unspecified atom stereocenters. The molecule has 152 valence electrons. The van der Waals surface area contributed by atoms with Crippen LogP contribution in [0.4, 0.5) is 11.4 Å². The van der Waals surface area contributed by atoms with Crippen LogP contribution in [0.5, 0.6) is 0 Å². The number of hydrogen-bond donors (Lipinski definition) is 1. The van der Waals surface area contributed by atoms with E-state index in [1.54, 1.807) is 11.3 Å². The molecule has 1 saturated heterocycles. The Morgan fingerprint density at radius 3 is 3.00 bits per heavy atom. The highest BCUT2D eigenvalue weighted by molar-refractivity contribution is 8.00. The van der Waals surface area contributed by atoms with E-state index >= 15 is 0 Å². The summed E-state index contributed by atoms with van der Waals surface area (Å²) in [5, 5.41) is 5.52. The second kappa shape index (κ2) is 8.25. The van der Waals surface area contributed by atoms with Gasteiger partial charge in [0, 0.05) is 34.4 Å². The van der Waals surface area contributed by atoms with Crippen LogP contribution in [0.25, 0.3) is 10.2 Å². The number of anilines is 2. The molecule has 29 heavy (non-hydrogen) atoms. The lowest BCUT2D eigenvalue weighted by Gasteiger charge is -2.43. The molecule has 0 aliphatic carbocycles. The summed E-state index contributed by atoms with van der Waals surface area (Å²) in [6.45, 7) is 7.10. The average Bonchev–Trinajstić information content (AvgIpc) is 3.40. The summed E-state index contributed by atoms with van der Waals surface area (Å²) in [4.78, 5) is 11.9. The summed E-state index contributed by atoms with van der Waals surface area (Å²) in [5.74, 6) is 0.757. The number of likely N-dealkylation sites (tertiary alicyclic amines) is 1. The number of piperidine rings is 1. The van der Waals surface area contributed by atoms with Crippen molar-refractivity contribution in [3.63, 3.8) is 0 Å². The molecule has 4 heterocycles. The molecule has 0 saturated carbocycles. The molecule has 2 aromatic heterocycles. The summed E-state index contributed by atoms with van der Waals surface area (Å²) < 4.78 is 1.23. The first-order valence-electron chi connectivity index (χ1n) is 10.8. The maximum absolute atomic E-state index is 4.74. The summed E-state index contributed by atoms with van der Waals surface area (Å²) in [5.41, 5.74) is 6.67. The summed E-state index contributed by atoms with van der Waals surface area (Å²) in [7, 11) is 0. The smallest absolute Gasteiger partial charge is 0.102 e. The van der Waals surface area contributed by atoms with E-state index in [1.165, 1.54) is 53.3 Å². The Bertz CT molecular complexity index is 1000. The van der Waals surface area contributed by atoms with Gasteiger partial charge in [-0.25, -0.2) is 9.97 Å². The van der Waals surface area contributed by atoms with E-state index in [9.17, 15) is 0 Å². The van der Waals surface area contributed by atoms with Gasteiger partial charge in [-0.2, -0.15) is 0 Å². The van der Waals surface area contributed by atoms with E-state index in [0.717, 1.165) is 23.5 Å². The van der Waals surface area contributed by atoms with Crippen molar-refractivity contribution in [2.24, 2.45) is 5.92 Å². The number of thiazole rings is 1. The highest BCUT2D eigenvalue weighted by Crippen LogP contribution is 2.46. The zero-order valence-corrected chi connectivity index (χ0v) is 18.7. The highest BCUT2D eigenvalue weighted by Gasteiger charge is 2.39. The van der Waals surface area contributed by atoms with Crippen molar-refractivity contribution in [1.29, 1.82) is 0 Å². The molecule has 2 aliphatic rings. The Morgan fingerprint density at radius 1 is 1.21 bits per heavy atom. The average molecular weight is 425 g/mol. The van der Waals surface area contributed by atoms with Gasteiger partial charge in [0.15, 0.2) is 0 Å². The Balaban J connectivity index is 1.38. The van der Waals surface area contributed by atoms with E-state index in [2.05, 4.69) is 53.3 Å². The topological polar surface area (TPSA) is 41.1 Å². The van der Waals surface area contributed by atoms with E-state index < -0.39 is 0 Å². The molecule has 0 radical (unpaired) electrons. The second-order valence-corrected chi connectivity index (χ2v) is 10.2. The standard InChI is InChI=1S/C23H28N4S2/c1-3-20-16(6-5-11-27(20)4-2)22-13-17-18(9-10-24-23(17)29-22)26-15-7-8-21-19(12-15)25-14-28-21/h7-10,12,14,16,20,22H,3-6,11,13H2,1-2H3,(H,24,26)/t16-,20+,22?/m1/s1. The van der Waals surface area contributed by atoms with Crippen molar-refractivity contribution in [3.05, 3.63) is 41.5 Å². The third-order valence-corrected chi connectivity index (χ3v) is 8.75. The van der Waals surface area contributed by atoms with Crippen molar-refractivity contribution in [1.82, 2.24) is 14.9 Å². The number of fused-ring (bicyclic) bond motifs is 2. The highest BCUT2D eigenvalue weighted by atomic mass is 32.2. The first-order chi connectivity index (χ1) is 14.3. The molecule has 6 heteroatoms. The van der Waals surface area contributed by atoms with Gasteiger partial charge in [0.05, 0.1) is 15.7 Å². The summed E-state index contributed by atoms with van der Waals surface area (Å²) >= 11 is 3.70. The van der Waals surface area contributed by atoms with Crippen LogP contribution in [0, 0.1) is 5.92 Å². The maximum atomic E-state index is 4.74. The van der Waals surface area contributed by atoms with Crippen LogP contribution in [0.15, 0.2) is 41.0 Å². The molecule has 3 aromatic rings. The first kappa shape index (κ1) is 19.3. The van der Waals surface area contributed by atoms with Gasteiger partial charge in [-0.15, -0.1) is 23.1 Å². The number of aromatic nitrogens is 2. The zero-order chi connectivity index (χ0) is 19.8. The molecule has 1 fully saturated rings. The molecule has 0 spiro atoms. The molecule has 2 aliphatic heterocycles. The van der Waals surface area contributed by atoms with Crippen LogP contribution in [-0.4, -0.2) is 39.2 Å². The van der Waals surface area contributed by atoms with Crippen LogP contribution < -0.4 is 5.32 Å². The largest absolute Gasteiger partial charge is 0.355 e. The lowest BCUT2D eigenvalue weighted by molar-refractivity contribution is 0.0936. The third-order valence-electron chi connectivity index (χ3n) is 6.54. The molecule has 1 aromatic carbocycles. The number of rotatable bonds is 5. The lowest BCUT2D eigenvalue weighted by Crippen LogP contribution is -2.48. The lowest BCUT2D eigenvalue weighted by atomic mass is 9.83. The predicted molar refractivity (Wildman–Crippen MR) is 125 cm³/mol. The number of benzene rings is 1. The fraction of sp³-hybridized carbons (Fsp3) is 0.478. The number of nitrogens with zero attached hydrogens (tertiary/aromatic N) is 3. The molecule has 3 atom stereocenters. The number of hydrogen-bond acceptors (Lipinski definition) is 6. The maximum Gasteiger partial charge on any atom is 0.102 e. The van der Waals surface area contributed by atoms with Gasteiger partial charge in [0.2, 0.25) is 0 Å². The van der Waals surface area contributed by atoms with Crippen molar-refractivity contribution in [2.45, 2.75) is 55.8 Å². The van der Waals surface area contributed by atoms with Gasteiger partial charge in [0.25, 0.3) is 0 Å². The monoisotopic (exact) mass is 424 g/mol. The van der Waals surface area contributed by atoms with E-state index in [-0.39, 0.29) is 0 Å². The molecule has 1 N–H and O–H groups in total. The molecule has 0 bridgehead atoms. The van der Waals surface area contributed by atoms with Gasteiger partial charge >= 0.3 is 0 Å². The predicted octanol–water partition coefficient (Wildman–Crippen LogP) is 5.96. The van der Waals surface area contributed by atoms with E-state index in [0.29, 0.717) is 11.3 Å². The van der Waals surface area contributed by atoms with Gasteiger partial charge in [-0.3, -0.25) is 0 Å². The van der Waals surface area contributed by atoms with Gasteiger partial charge < -0.3 is 10.2 Å². The molecular formula is C23H28N4S2. The zero-order valence-electron chi connectivity index (χ0n) is 17.1. The molecule has 5 rings (SSSR count). The van der Waals surface area contributed by atoms with Crippen LogP contribution >= 0.6 is 23.1 Å². The second-order valence-electron chi connectivity index (χ2n) is 8.07. The van der Waals surface area contributed by atoms with Crippen molar-refractivity contribution in [3.8, 4) is 0 Å². The van der Waals surface area contributed by atoms with Gasteiger partial charge in [-0.1, -0.05) is 13.8 Å². The normalized spacial score (nSPS) is 24.7. The van der Waals surface area contributed by atoms with Crippen LogP contribution in [-0.2, 0) is 6.42 Å². The van der Waals surface area contributed by atoms with Gasteiger partial charge in [-0.05, 0) is 69.0 Å². The van der Waals surface area contributed by atoms with Crippen LogP contribution in [0.3, 0.4) is 0 Å². The molecular weight excluding hydrogens is 396 g/mol. The Morgan fingerprint density at radius 2 is 2.14 bits per heavy atom. The fourth-order valence-electron chi connectivity index (χ4n) is 5.15. The summed E-state index contributed by atoms with van der Waals surface area (Å²) in [6, 6.07) is 9.29. The van der Waals surface area contributed by atoms with Crippen molar-refractivity contribution in [2.75, 3.05) is 18.4 Å². The van der Waals surface area contributed by atoms with Crippen LogP contribution in [0.1, 0.15) is 38.7 Å². The first-order valence-corrected chi connectivity index (χ1v) is 12.5. The quantitative estimate of drug-likeness (QED) is 0.547.